The summed E-state index contributed by atoms with van der Waals surface area (Å²) in [6, 6.07) is 7.29. The molecule has 1 amide bonds. The summed E-state index contributed by atoms with van der Waals surface area (Å²) in [6.07, 6.45) is 0.699. The van der Waals surface area contributed by atoms with Gasteiger partial charge in [0.1, 0.15) is 5.88 Å². The van der Waals surface area contributed by atoms with E-state index in [-0.39, 0.29) is 11.8 Å². The van der Waals surface area contributed by atoms with Gasteiger partial charge in [0.2, 0.25) is 5.91 Å². The normalized spacial score (nSPS) is 10.3. The fourth-order valence-corrected chi connectivity index (χ4v) is 1.63. The molecule has 7 heteroatoms. The maximum atomic E-state index is 11.4. The molecule has 0 unspecified atom stereocenters. The average molecular weight is 266 g/mol. The number of hydrogen-bond acceptors (Lipinski definition) is 4. The zero-order valence-corrected chi connectivity index (χ0v) is 10.6. The van der Waals surface area contributed by atoms with Crippen molar-refractivity contribution in [2.45, 2.75) is 13.3 Å². The first-order valence-electron chi connectivity index (χ1n) is 5.48. The van der Waals surface area contributed by atoms with Crippen LogP contribution in [0.2, 0.25) is 0 Å². The van der Waals surface area contributed by atoms with Gasteiger partial charge in [0.25, 0.3) is 0 Å². The quantitative estimate of drug-likeness (QED) is 0.848. The van der Waals surface area contributed by atoms with E-state index in [4.69, 9.17) is 11.6 Å². The van der Waals surface area contributed by atoms with Crippen LogP contribution in [0.25, 0.3) is 5.69 Å². The Labute approximate surface area is 109 Å². The summed E-state index contributed by atoms with van der Waals surface area (Å²) in [5.41, 5.74) is 1.35. The third-order valence-corrected chi connectivity index (χ3v) is 2.62. The summed E-state index contributed by atoms with van der Waals surface area (Å²) in [5.74, 6) is 0.364. The number of alkyl halides is 1. The van der Waals surface area contributed by atoms with Gasteiger partial charge in [-0.3, -0.25) is 4.79 Å². The summed E-state index contributed by atoms with van der Waals surface area (Å²) in [6.45, 7) is 1.96. The highest BCUT2D eigenvalue weighted by Crippen LogP contribution is 2.20. The Kier molecular flexibility index (Phi) is 3.88. The summed E-state index contributed by atoms with van der Waals surface area (Å²) in [5, 5.41) is 14.2. The highest BCUT2D eigenvalue weighted by molar-refractivity contribution is 6.29. The van der Waals surface area contributed by atoms with Crippen molar-refractivity contribution in [1.82, 2.24) is 20.2 Å². The van der Waals surface area contributed by atoms with Crippen LogP contribution >= 0.6 is 11.6 Å². The van der Waals surface area contributed by atoms with E-state index in [1.54, 1.807) is 10.7 Å². The van der Waals surface area contributed by atoms with Crippen LogP contribution in [0.5, 0.6) is 0 Å². The Morgan fingerprint density at radius 2 is 2.22 bits per heavy atom. The van der Waals surface area contributed by atoms with Crippen LogP contribution in [0.1, 0.15) is 12.7 Å². The number of rotatable bonds is 4. The van der Waals surface area contributed by atoms with Gasteiger partial charge in [-0.25, -0.2) is 0 Å². The second kappa shape index (κ2) is 5.59. The van der Waals surface area contributed by atoms with E-state index in [1.165, 1.54) is 0 Å². The van der Waals surface area contributed by atoms with E-state index in [9.17, 15) is 4.79 Å². The molecule has 0 radical (unpaired) electrons. The molecule has 1 heterocycles. The summed E-state index contributed by atoms with van der Waals surface area (Å²) < 4.78 is 1.60. The number of para-hydroxylation sites is 2. The highest BCUT2D eigenvalue weighted by Gasteiger charge is 2.11. The standard InChI is InChI=1S/C11H12ClN5O/c1-2-10-14-15-16-17(10)9-6-4-3-5-8(9)13-11(18)7-12/h3-6H,2,7H2,1H3,(H,13,18). The van der Waals surface area contributed by atoms with E-state index in [1.807, 2.05) is 25.1 Å². The van der Waals surface area contributed by atoms with Crippen molar-refractivity contribution >= 4 is 23.2 Å². The number of hydrogen-bond donors (Lipinski definition) is 1. The number of tetrazole rings is 1. The van der Waals surface area contributed by atoms with Crippen molar-refractivity contribution in [2.75, 3.05) is 11.2 Å². The molecule has 6 nitrogen and oxygen atoms in total. The zero-order chi connectivity index (χ0) is 13.0. The number of benzene rings is 1. The second-order valence-electron chi connectivity index (χ2n) is 3.56. The number of aromatic nitrogens is 4. The van der Waals surface area contributed by atoms with Crippen LogP contribution in [0, 0.1) is 0 Å². The molecule has 1 N–H and O–H groups in total. The van der Waals surface area contributed by atoms with E-state index in [2.05, 4.69) is 20.8 Å². The monoisotopic (exact) mass is 265 g/mol. The van der Waals surface area contributed by atoms with Crippen molar-refractivity contribution in [3.05, 3.63) is 30.1 Å². The van der Waals surface area contributed by atoms with E-state index < -0.39 is 0 Å². The molecular formula is C11H12ClN5O. The van der Waals surface area contributed by atoms with Crippen LogP contribution in [0.3, 0.4) is 0 Å². The largest absolute Gasteiger partial charge is 0.323 e. The number of anilines is 1. The molecule has 0 bridgehead atoms. The van der Waals surface area contributed by atoms with Gasteiger partial charge < -0.3 is 5.32 Å². The molecule has 0 aliphatic carbocycles. The third-order valence-electron chi connectivity index (χ3n) is 2.38. The Balaban J connectivity index is 2.41. The molecular weight excluding hydrogens is 254 g/mol. The number of nitrogens with zero attached hydrogens (tertiary/aromatic N) is 4. The van der Waals surface area contributed by atoms with Crippen LogP contribution in [-0.4, -0.2) is 32.0 Å². The SMILES string of the molecule is CCc1nnnn1-c1ccccc1NC(=O)CCl. The van der Waals surface area contributed by atoms with Crippen molar-refractivity contribution < 1.29 is 4.79 Å². The van der Waals surface area contributed by atoms with Gasteiger partial charge in [0.15, 0.2) is 5.82 Å². The lowest BCUT2D eigenvalue weighted by Crippen LogP contribution is -2.15. The number of nitrogens with one attached hydrogen (secondary N) is 1. The maximum Gasteiger partial charge on any atom is 0.239 e. The maximum absolute atomic E-state index is 11.4. The average Bonchev–Trinajstić information content (AvgIpc) is 2.87. The first-order valence-corrected chi connectivity index (χ1v) is 6.02. The minimum atomic E-state index is -0.268. The Bertz CT molecular complexity index is 554. The minimum absolute atomic E-state index is 0.0927. The molecule has 0 fully saturated rings. The number of aryl methyl sites for hydroxylation is 1. The number of carbonyl (C=O) groups excluding carboxylic acids is 1. The van der Waals surface area contributed by atoms with Crippen LogP contribution in [0.15, 0.2) is 24.3 Å². The molecule has 0 atom stereocenters. The molecule has 0 saturated heterocycles. The van der Waals surface area contributed by atoms with Gasteiger partial charge in [-0.15, -0.1) is 16.7 Å². The summed E-state index contributed by atoms with van der Waals surface area (Å²) in [7, 11) is 0. The fraction of sp³-hybridized carbons (Fsp3) is 0.273. The van der Waals surface area contributed by atoms with Crippen molar-refractivity contribution in [3.8, 4) is 5.69 Å². The lowest BCUT2D eigenvalue weighted by atomic mass is 10.2. The van der Waals surface area contributed by atoms with Gasteiger partial charge in [0, 0.05) is 6.42 Å². The Hall–Kier alpha value is -1.95. The van der Waals surface area contributed by atoms with Gasteiger partial charge >= 0.3 is 0 Å². The smallest absolute Gasteiger partial charge is 0.239 e. The molecule has 2 rings (SSSR count). The molecule has 0 aliphatic rings. The predicted molar refractivity (Wildman–Crippen MR) is 67.9 cm³/mol. The number of amides is 1. The summed E-state index contributed by atoms with van der Waals surface area (Å²) in [4.78, 5) is 11.4. The minimum Gasteiger partial charge on any atom is -0.323 e. The van der Waals surface area contributed by atoms with Crippen molar-refractivity contribution in [1.29, 1.82) is 0 Å². The van der Waals surface area contributed by atoms with Crippen LogP contribution in [-0.2, 0) is 11.2 Å². The Morgan fingerprint density at radius 1 is 1.44 bits per heavy atom. The van der Waals surface area contributed by atoms with Crippen molar-refractivity contribution in [3.63, 3.8) is 0 Å². The van der Waals surface area contributed by atoms with Crippen LogP contribution in [0.4, 0.5) is 5.69 Å². The molecule has 18 heavy (non-hydrogen) atoms. The fourth-order valence-electron chi connectivity index (χ4n) is 1.56. The molecule has 0 spiro atoms. The first-order chi connectivity index (χ1) is 8.76. The number of halogens is 1. The first kappa shape index (κ1) is 12.5. The summed E-state index contributed by atoms with van der Waals surface area (Å²) >= 11 is 5.48. The second-order valence-corrected chi connectivity index (χ2v) is 3.83. The topological polar surface area (TPSA) is 72.7 Å². The molecule has 2 aromatic rings. The number of carbonyl (C=O) groups is 1. The molecule has 1 aromatic heterocycles. The molecule has 94 valence electrons. The molecule has 1 aromatic carbocycles. The van der Waals surface area contributed by atoms with Crippen molar-refractivity contribution in [2.24, 2.45) is 0 Å². The third kappa shape index (κ3) is 2.48. The van der Waals surface area contributed by atoms with Gasteiger partial charge in [-0.05, 0) is 22.6 Å². The lowest BCUT2D eigenvalue weighted by Gasteiger charge is -2.10. The highest BCUT2D eigenvalue weighted by atomic mass is 35.5. The van der Waals surface area contributed by atoms with E-state index in [0.29, 0.717) is 12.1 Å². The molecule has 0 aliphatic heterocycles. The van der Waals surface area contributed by atoms with Crippen LogP contribution < -0.4 is 5.32 Å². The Morgan fingerprint density at radius 3 is 2.94 bits per heavy atom. The van der Waals surface area contributed by atoms with E-state index >= 15 is 0 Å². The zero-order valence-electron chi connectivity index (χ0n) is 9.80. The predicted octanol–water partition coefficient (Wildman–Crippen LogP) is 1.40. The van der Waals surface area contributed by atoms with Gasteiger partial charge in [0.05, 0.1) is 11.4 Å². The van der Waals surface area contributed by atoms with Gasteiger partial charge in [-0.1, -0.05) is 19.1 Å². The molecule has 0 saturated carbocycles. The van der Waals surface area contributed by atoms with Gasteiger partial charge in [-0.2, -0.15) is 4.68 Å². The van der Waals surface area contributed by atoms with E-state index in [0.717, 1.165) is 11.5 Å². The lowest BCUT2D eigenvalue weighted by molar-refractivity contribution is -0.113.